The summed E-state index contributed by atoms with van der Waals surface area (Å²) in [5.74, 6) is -1.35. The van der Waals surface area contributed by atoms with E-state index in [9.17, 15) is 9.18 Å². The SMILES string of the molecule is C[C@H](c1ccc(-c2cccc(F)c2C(N)=O)cc1)N(C)C. The summed E-state index contributed by atoms with van der Waals surface area (Å²) in [6, 6.07) is 12.5. The first-order chi connectivity index (χ1) is 9.91. The second kappa shape index (κ2) is 6.06. The van der Waals surface area contributed by atoms with E-state index in [0.717, 1.165) is 11.1 Å². The lowest BCUT2D eigenvalue weighted by Gasteiger charge is -2.20. The van der Waals surface area contributed by atoms with Crippen molar-refractivity contribution in [2.24, 2.45) is 5.73 Å². The summed E-state index contributed by atoms with van der Waals surface area (Å²) in [5.41, 5.74) is 7.67. The van der Waals surface area contributed by atoms with Crippen LogP contribution in [0.2, 0.25) is 0 Å². The van der Waals surface area contributed by atoms with Gasteiger partial charge in [-0.1, -0.05) is 36.4 Å². The minimum Gasteiger partial charge on any atom is -0.365 e. The zero-order valence-electron chi connectivity index (χ0n) is 12.4. The van der Waals surface area contributed by atoms with Gasteiger partial charge in [0.15, 0.2) is 0 Å². The molecule has 1 amide bonds. The number of nitrogens with two attached hydrogens (primary N) is 1. The molecule has 0 bridgehead atoms. The number of halogens is 1. The highest BCUT2D eigenvalue weighted by Crippen LogP contribution is 2.27. The summed E-state index contributed by atoms with van der Waals surface area (Å²) >= 11 is 0. The summed E-state index contributed by atoms with van der Waals surface area (Å²) in [4.78, 5) is 13.6. The van der Waals surface area contributed by atoms with Crippen LogP contribution in [0.3, 0.4) is 0 Å². The highest BCUT2D eigenvalue weighted by Gasteiger charge is 2.15. The van der Waals surface area contributed by atoms with Gasteiger partial charge in [0, 0.05) is 6.04 Å². The molecule has 2 aromatic carbocycles. The van der Waals surface area contributed by atoms with Crippen LogP contribution in [0.5, 0.6) is 0 Å². The van der Waals surface area contributed by atoms with E-state index in [4.69, 9.17) is 5.73 Å². The Balaban J connectivity index is 2.45. The van der Waals surface area contributed by atoms with Gasteiger partial charge in [-0.15, -0.1) is 0 Å². The van der Waals surface area contributed by atoms with Gasteiger partial charge in [0.1, 0.15) is 5.82 Å². The van der Waals surface area contributed by atoms with Crippen LogP contribution in [0, 0.1) is 5.82 Å². The van der Waals surface area contributed by atoms with Crippen molar-refractivity contribution in [2.45, 2.75) is 13.0 Å². The Bertz CT molecular complexity index is 650. The molecule has 0 aliphatic heterocycles. The number of hydrogen-bond donors (Lipinski definition) is 1. The highest BCUT2D eigenvalue weighted by molar-refractivity contribution is 6.00. The van der Waals surface area contributed by atoms with E-state index in [1.54, 1.807) is 12.1 Å². The van der Waals surface area contributed by atoms with Gasteiger partial charge in [0.25, 0.3) is 5.91 Å². The number of carbonyl (C=O) groups is 1. The first-order valence-corrected chi connectivity index (χ1v) is 6.77. The predicted octanol–water partition coefficient (Wildman–Crippen LogP) is 3.21. The monoisotopic (exact) mass is 286 g/mol. The molecule has 0 fully saturated rings. The van der Waals surface area contributed by atoms with E-state index < -0.39 is 11.7 Å². The predicted molar refractivity (Wildman–Crippen MR) is 82.5 cm³/mol. The lowest BCUT2D eigenvalue weighted by Crippen LogP contribution is -2.16. The van der Waals surface area contributed by atoms with Crippen LogP contribution in [0.1, 0.15) is 28.9 Å². The molecule has 0 aromatic heterocycles. The largest absolute Gasteiger partial charge is 0.365 e. The zero-order chi connectivity index (χ0) is 15.6. The number of amides is 1. The average molecular weight is 286 g/mol. The highest BCUT2D eigenvalue weighted by atomic mass is 19.1. The van der Waals surface area contributed by atoms with Gasteiger partial charge >= 0.3 is 0 Å². The Morgan fingerprint density at radius 2 is 1.76 bits per heavy atom. The molecule has 0 heterocycles. The molecule has 4 heteroatoms. The molecule has 1 atom stereocenters. The number of rotatable bonds is 4. The first-order valence-electron chi connectivity index (χ1n) is 6.77. The fraction of sp³-hybridized carbons (Fsp3) is 0.235. The van der Waals surface area contributed by atoms with Crippen LogP contribution in [0.4, 0.5) is 4.39 Å². The molecule has 0 unspecified atom stereocenters. The second-order valence-corrected chi connectivity index (χ2v) is 5.29. The van der Waals surface area contributed by atoms with Gasteiger partial charge in [-0.05, 0) is 43.8 Å². The molecule has 0 saturated carbocycles. The number of nitrogens with zero attached hydrogens (tertiary/aromatic N) is 1. The van der Waals surface area contributed by atoms with E-state index in [1.807, 2.05) is 38.4 Å². The Kier molecular flexibility index (Phi) is 4.38. The van der Waals surface area contributed by atoms with Gasteiger partial charge in [0.05, 0.1) is 5.56 Å². The fourth-order valence-electron chi connectivity index (χ4n) is 2.25. The summed E-state index contributed by atoms with van der Waals surface area (Å²) < 4.78 is 13.8. The van der Waals surface area contributed by atoms with Crippen molar-refractivity contribution in [3.8, 4) is 11.1 Å². The Morgan fingerprint density at radius 1 is 1.14 bits per heavy atom. The maximum Gasteiger partial charge on any atom is 0.252 e. The van der Waals surface area contributed by atoms with Crippen LogP contribution in [-0.4, -0.2) is 24.9 Å². The molecule has 0 saturated heterocycles. The molecule has 110 valence electrons. The number of carbonyl (C=O) groups excluding carboxylic acids is 1. The van der Waals surface area contributed by atoms with Gasteiger partial charge in [-0.3, -0.25) is 4.79 Å². The molecule has 0 aliphatic rings. The first kappa shape index (κ1) is 15.2. The van der Waals surface area contributed by atoms with Crippen LogP contribution in [0.25, 0.3) is 11.1 Å². The molecule has 2 rings (SSSR count). The summed E-state index contributed by atoms with van der Waals surface area (Å²) in [6.07, 6.45) is 0. The van der Waals surface area contributed by atoms with Crippen LogP contribution < -0.4 is 5.73 Å². The third-order valence-electron chi connectivity index (χ3n) is 3.74. The molecule has 3 nitrogen and oxygen atoms in total. The molecule has 0 radical (unpaired) electrons. The maximum absolute atomic E-state index is 13.8. The van der Waals surface area contributed by atoms with Crippen molar-refractivity contribution in [1.82, 2.24) is 4.90 Å². The molecule has 0 aliphatic carbocycles. The Hall–Kier alpha value is -2.20. The van der Waals surface area contributed by atoms with Crippen molar-refractivity contribution >= 4 is 5.91 Å². The quantitative estimate of drug-likeness (QED) is 0.938. The van der Waals surface area contributed by atoms with Crippen molar-refractivity contribution < 1.29 is 9.18 Å². The zero-order valence-corrected chi connectivity index (χ0v) is 12.4. The van der Waals surface area contributed by atoms with Gasteiger partial charge in [-0.2, -0.15) is 0 Å². The van der Waals surface area contributed by atoms with Gasteiger partial charge in [-0.25, -0.2) is 4.39 Å². The average Bonchev–Trinajstić information content (AvgIpc) is 2.46. The van der Waals surface area contributed by atoms with E-state index in [1.165, 1.54) is 6.07 Å². The normalized spacial score (nSPS) is 12.4. The lowest BCUT2D eigenvalue weighted by atomic mass is 9.96. The van der Waals surface area contributed by atoms with E-state index >= 15 is 0 Å². The van der Waals surface area contributed by atoms with Gasteiger partial charge in [0.2, 0.25) is 0 Å². The molecule has 2 N–H and O–H groups in total. The summed E-state index contributed by atoms with van der Waals surface area (Å²) in [5, 5.41) is 0. The third-order valence-corrected chi connectivity index (χ3v) is 3.74. The lowest BCUT2D eigenvalue weighted by molar-refractivity contribution is 0.0997. The minimum absolute atomic E-state index is 0.0640. The summed E-state index contributed by atoms with van der Waals surface area (Å²) in [6.45, 7) is 2.10. The maximum atomic E-state index is 13.8. The van der Waals surface area contributed by atoms with Crippen LogP contribution in [-0.2, 0) is 0 Å². The van der Waals surface area contributed by atoms with Gasteiger partial charge < -0.3 is 10.6 Å². The van der Waals surface area contributed by atoms with Crippen LogP contribution in [0.15, 0.2) is 42.5 Å². The third kappa shape index (κ3) is 3.11. The van der Waals surface area contributed by atoms with Crippen molar-refractivity contribution in [3.63, 3.8) is 0 Å². The number of primary amides is 1. The van der Waals surface area contributed by atoms with Crippen molar-refractivity contribution in [2.75, 3.05) is 14.1 Å². The van der Waals surface area contributed by atoms with E-state index in [0.29, 0.717) is 5.56 Å². The van der Waals surface area contributed by atoms with E-state index in [-0.39, 0.29) is 11.6 Å². The summed E-state index contributed by atoms with van der Waals surface area (Å²) in [7, 11) is 4.02. The van der Waals surface area contributed by atoms with Crippen molar-refractivity contribution in [1.29, 1.82) is 0 Å². The molecular weight excluding hydrogens is 267 g/mol. The fourth-order valence-corrected chi connectivity index (χ4v) is 2.25. The molecular formula is C17H19FN2O. The number of benzene rings is 2. The second-order valence-electron chi connectivity index (χ2n) is 5.29. The molecule has 2 aromatic rings. The Morgan fingerprint density at radius 3 is 2.29 bits per heavy atom. The minimum atomic E-state index is -0.756. The van der Waals surface area contributed by atoms with E-state index in [2.05, 4.69) is 11.8 Å². The smallest absolute Gasteiger partial charge is 0.252 e. The van der Waals surface area contributed by atoms with Crippen molar-refractivity contribution in [3.05, 3.63) is 59.4 Å². The molecule has 21 heavy (non-hydrogen) atoms. The van der Waals surface area contributed by atoms with Crippen LogP contribution >= 0.6 is 0 Å². The standard InChI is InChI=1S/C17H19FN2O/c1-11(20(2)3)12-7-9-13(10-8-12)14-5-4-6-15(18)16(14)17(19)21/h4-11H,1-3H3,(H2,19,21)/t11-/m1/s1. The topological polar surface area (TPSA) is 46.3 Å². The number of hydrogen-bond acceptors (Lipinski definition) is 2. The molecule has 0 spiro atoms. The Labute approximate surface area is 124 Å².